The summed E-state index contributed by atoms with van der Waals surface area (Å²) in [5.74, 6) is 2.29. The molecule has 2 aromatic heterocycles. The highest BCUT2D eigenvalue weighted by Gasteiger charge is 2.33. The zero-order valence-corrected chi connectivity index (χ0v) is 14.0. The first kappa shape index (κ1) is 14.7. The van der Waals surface area contributed by atoms with Gasteiger partial charge in [-0.15, -0.1) is 0 Å². The highest BCUT2D eigenvalue weighted by molar-refractivity contribution is 5.67. The van der Waals surface area contributed by atoms with E-state index in [2.05, 4.69) is 22.5 Å². The molecule has 1 aliphatic heterocycles. The number of aromatic nitrogens is 3. The minimum atomic E-state index is 0.300. The number of ether oxygens (including phenoxy) is 1. The molecule has 2 aliphatic rings. The molecule has 122 valence electrons. The topological polar surface area (TPSA) is 39.9 Å². The van der Waals surface area contributed by atoms with E-state index in [0.717, 1.165) is 24.0 Å². The molecule has 4 nitrogen and oxygen atoms in total. The highest BCUT2D eigenvalue weighted by atomic mass is 16.5. The van der Waals surface area contributed by atoms with Crippen LogP contribution in [0.25, 0.3) is 11.3 Å². The molecule has 2 aromatic rings. The highest BCUT2D eigenvalue weighted by Crippen LogP contribution is 2.44. The Balaban J connectivity index is 1.63. The molecule has 0 bridgehead atoms. The summed E-state index contributed by atoms with van der Waals surface area (Å²) in [5, 5.41) is 0. The van der Waals surface area contributed by atoms with Crippen LogP contribution in [0.15, 0.2) is 24.7 Å². The summed E-state index contributed by atoms with van der Waals surface area (Å²) in [6.07, 6.45) is 12.1. The summed E-state index contributed by atoms with van der Waals surface area (Å²) in [7, 11) is 1.69. The molecule has 4 rings (SSSR count). The van der Waals surface area contributed by atoms with Gasteiger partial charge in [-0.1, -0.05) is 39.0 Å². The van der Waals surface area contributed by atoms with Crippen LogP contribution in [0.1, 0.15) is 57.2 Å². The van der Waals surface area contributed by atoms with Crippen molar-refractivity contribution in [3.05, 3.63) is 30.4 Å². The average Bonchev–Trinajstić information content (AvgIpc) is 3.18. The van der Waals surface area contributed by atoms with E-state index in [0.29, 0.717) is 11.9 Å². The Bertz CT molecular complexity index is 688. The molecule has 0 amide bonds. The maximum absolute atomic E-state index is 5.35. The molecule has 0 N–H and O–H groups in total. The van der Waals surface area contributed by atoms with Crippen molar-refractivity contribution in [1.82, 2.24) is 14.5 Å². The van der Waals surface area contributed by atoms with E-state index in [4.69, 9.17) is 9.72 Å². The molecule has 0 saturated heterocycles. The van der Waals surface area contributed by atoms with E-state index in [1.54, 1.807) is 7.11 Å². The molecule has 2 unspecified atom stereocenters. The average molecular weight is 311 g/mol. The second kappa shape index (κ2) is 5.99. The first-order valence-electron chi connectivity index (χ1n) is 8.85. The fourth-order valence-corrected chi connectivity index (χ4v) is 4.41. The summed E-state index contributed by atoms with van der Waals surface area (Å²) in [6.45, 7) is 2.42. The van der Waals surface area contributed by atoms with E-state index in [-0.39, 0.29) is 0 Å². The molecule has 2 atom stereocenters. The van der Waals surface area contributed by atoms with Gasteiger partial charge in [-0.25, -0.2) is 9.97 Å². The van der Waals surface area contributed by atoms with Crippen LogP contribution in [0.4, 0.5) is 0 Å². The number of imidazole rings is 1. The lowest BCUT2D eigenvalue weighted by Gasteiger charge is -2.29. The van der Waals surface area contributed by atoms with Crippen LogP contribution in [0.5, 0.6) is 5.88 Å². The predicted molar refractivity (Wildman–Crippen MR) is 90.5 cm³/mol. The van der Waals surface area contributed by atoms with Crippen LogP contribution in [0, 0.1) is 11.8 Å². The maximum atomic E-state index is 5.35. The van der Waals surface area contributed by atoms with Crippen molar-refractivity contribution < 1.29 is 4.74 Å². The van der Waals surface area contributed by atoms with Gasteiger partial charge in [-0.05, 0) is 24.3 Å². The van der Waals surface area contributed by atoms with Gasteiger partial charge in [0, 0.05) is 11.6 Å². The first-order valence-corrected chi connectivity index (χ1v) is 8.85. The molecule has 0 spiro atoms. The molecule has 0 aromatic carbocycles. The van der Waals surface area contributed by atoms with Crippen molar-refractivity contribution in [1.29, 1.82) is 0 Å². The normalized spacial score (nSPS) is 21.7. The predicted octanol–water partition coefficient (Wildman–Crippen LogP) is 4.46. The summed E-state index contributed by atoms with van der Waals surface area (Å²) >= 11 is 0. The lowest BCUT2D eigenvalue weighted by Crippen LogP contribution is -2.20. The van der Waals surface area contributed by atoms with Gasteiger partial charge in [0.1, 0.15) is 0 Å². The lowest BCUT2D eigenvalue weighted by molar-refractivity contribution is 0.235. The van der Waals surface area contributed by atoms with Gasteiger partial charge in [0.25, 0.3) is 0 Å². The zero-order valence-electron chi connectivity index (χ0n) is 14.0. The van der Waals surface area contributed by atoms with Gasteiger partial charge in [0.2, 0.25) is 5.88 Å². The monoisotopic (exact) mass is 311 g/mol. The number of nitrogens with zero attached hydrogens (tertiary/aromatic N) is 3. The third kappa shape index (κ3) is 2.54. The minimum absolute atomic E-state index is 0.300. The van der Waals surface area contributed by atoms with Crippen molar-refractivity contribution in [2.75, 3.05) is 7.11 Å². The number of pyridine rings is 1. The lowest BCUT2D eigenvalue weighted by atomic mass is 9.78. The Morgan fingerprint density at radius 3 is 2.87 bits per heavy atom. The Labute approximate surface area is 137 Å². The number of methoxy groups -OCH3 is 1. The fraction of sp³-hybridized carbons (Fsp3) is 0.579. The van der Waals surface area contributed by atoms with Gasteiger partial charge in [0.15, 0.2) is 0 Å². The van der Waals surface area contributed by atoms with Crippen LogP contribution in [-0.2, 0) is 0 Å². The molecule has 3 heterocycles. The molecule has 1 saturated carbocycles. The van der Waals surface area contributed by atoms with E-state index in [9.17, 15) is 0 Å². The van der Waals surface area contributed by atoms with Crippen molar-refractivity contribution in [3.8, 4) is 17.1 Å². The van der Waals surface area contributed by atoms with E-state index >= 15 is 0 Å². The molecule has 4 heteroatoms. The molecule has 0 radical (unpaired) electrons. The number of fused-ring (bicyclic) bond motifs is 3. The van der Waals surface area contributed by atoms with Crippen molar-refractivity contribution >= 4 is 0 Å². The summed E-state index contributed by atoms with van der Waals surface area (Å²) in [5.41, 5.74) is 3.56. The van der Waals surface area contributed by atoms with E-state index in [1.807, 2.05) is 18.6 Å². The molecule has 23 heavy (non-hydrogen) atoms. The number of hydrogen-bond acceptors (Lipinski definition) is 3. The van der Waals surface area contributed by atoms with Crippen molar-refractivity contribution in [2.45, 2.75) is 51.5 Å². The van der Waals surface area contributed by atoms with Crippen LogP contribution in [0.3, 0.4) is 0 Å². The second-order valence-electron chi connectivity index (χ2n) is 7.10. The number of rotatable bonds is 4. The Hall–Kier alpha value is -1.84. The standard InChI is InChI=1S/C19H25N3O/c1-13(14-6-4-3-5-7-14)10-16-19-15(8-9-18(21-19)23-2)17-11-20-12-22(16)17/h8-9,11-14,16H,3-7,10H2,1-2H3. The Morgan fingerprint density at radius 1 is 1.26 bits per heavy atom. The largest absolute Gasteiger partial charge is 0.481 e. The first-order chi connectivity index (χ1) is 11.3. The second-order valence-corrected chi connectivity index (χ2v) is 7.10. The van der Waals surface area contributed by atoms with Crippen molar-refractivity contribution in [3.63, 3.8) is 0 Å². The van der Waals surface area contributed by atoms with Gasteiger partial charge in [-0.2, -0.15) is 0 Å². The summed E-state index contributed by atoms with van der Waals surface area (Å²) < 4.78 is 7.65. The van der Waals surface area contributed by atoms with Gasteiger partial charge >= 0.3 is 0 Å². The van der Waals surface area contributed by atoms with Crippen LogP contribution in [0.2, 0.25) is 0 Å². The van der Waals surface area contributed by atoms with Gasteiger partial charge in [0.05, 0.1) is 37.1 Å². The van der Waals surface area contributed by atoms with Gasteiger partial charge < -0.3 is 9.30 Å². The summed E-state index contributed by atoms with van der Waals surface area (Å²) in [4.78, 5) is 9.13. The SMILES string of the molecule is COc1ccc2c(n1)C(CC(C)C1CCCCC1)n1cncc1-2. The molecule has 1 aliphatic carbocycles. The maximum Gasteiger partial charge on any atom is 0.213 e. The molecular weight excluding hydrogens is 286 g/mol. The quantitative estimate of drug-likeness (QED) is 0.836. The molecule has 1 fully saturated rings. The summed E-state index contributed by atoms with van der Waals surface area (Å²) in [6, 6.07) is 4.37. The molecular formula is C19H25N3O. The van der Waals surface area contributed by atoms with Crippen molar-refractivity contribution in [2.24, 2.45) is 11.8 Å². The zero-order chi connectivity index (χ0) is 15.8. The third-order valence-electron chi connectivity index (χ3n) is 5.75. The van der Waals surface area contributed by atoms with E-state index < -0.39 is 0 Å². The third-order valence-corrected chi connectivity index (χ3v) is 5.75. The van der Waals surface area contributed by atoms with E-state index in [1.165, 1.54) is 43.4 Å². The van der Waals surface area contributed by atoms with Crippen LogP contribution in [-0.4, -0.2) is 21.6 Å². The Morgan fingerprint density at radius 2 is 2.09 bits per heavy atom. The minimum Gasteiger partial charge on any atom is -0.481 e. The fourth-order valence-electron chi connectivity index (χ4n) is 4.41. The number of hydrogen-bond donors (Lipinski definition) is 0. The smallest absolute Gasteiger partial charge is 0.213 e. The van der Waals surface area contributed by atoms with Crippen LogP contribution >= 0.6 is 0 Å². The Kier molecular flexibility index (Phi) is 3.83. The van der Waals surface area contributed by atoms with Crippen LogP contribution < -0.4 is 4.74 Å². The van der Waals surface area contributed by atoms with Gasteiger partial charge in [-0.3, -0.25) is 0 Å².